The quantitative estimate of drug-likeness (QED) is 0.660. The molecule has 0 rings (SSSR count). The van der Waals surface area contributed by atoms with Crippen LogP contribution in [0.1, 0.15) is 27.2 Å². The van der Waals surface area contributed by atoms with E-state index >= 15 is 0 Å². The van der Waals surface area contributed by atoms with Crippen LogP contribution in [0.2, 0.25) is 0 Å². The minimum atomic E-state index is -0.00495. The summed E-state index contributed by atoms with van der Waals surface area (Å²) in [4.78, 5) is 13.2. The molecule has 0 saturated carbocycles. The second-order valence-electron chi connectivity index (χ2n) is 3.41. The largest absolute Gasteiger partial charge is 0.396 e. The molecule has 0 heterocycles. The molecule has 0 aromatic rings. The zero-order chi connectivity index (χ0) is 11.0. The first-order valence-electron chi connectivity index (χ1n) is 5.12. The van der Waals surface area contributed by atoms with Gasteiger partial charge in [-0.2, -0.15) is 0 Å². The van der Waals surface area contributed by atoms with Crippen LogP contribution < -0.4 is 0 Å². The van der Waals surface area contributed by atoms with Gasteiger partial charge < -0.3 is 14.7 Å². The predicted molar refractivity (Wildman–Crippen MR) is 55.0 cm³/mol. The Morgan fingerprint density at radius 2 is 2.14 bits per heavy atom. The van der Waals surface area contributed by atoms with E-state index in [0.29, 0.717) is 19.5 Å². The Morgan fingerprint density at radius 1 is 1.50 bits per heavy atom. The third-order valence-electron chi connectivity index (χ3n) is 1.86. The summed E-state index contributed by atoms with van der Waals surface area (Å²) in [7, 11) is 0. The van der Waals surface area contributed by atoms with Crippen LogP contribution in [0, 0.1) is 0 Å². The number of likely N-dealkylation sites (N-methyl/N-ethyl adjacent to an activating group) is 1. The zero-order valence-electron chi connectivity index (χ0n) is 9.32. The summed E-state index contributed by atoms with van der Waals surface area (Å²) >= 11 is 0. The fourth-order valence-corrected chi connectivity index (χ4v) is 1.05. The number of ether oxygens (including phenoxy) is 1. The van der Waals surface area contributed by atoms with Gasteiger partial charge in [0.1, 0.15) is 6.61 Å². The fraction of sp³-hybridized carbons (Fsp3) is 0.900. The lowest BCUT2D eigenvalue weighted by Crippen LogP contribution is -2.35. The number of amides is 1. The van der Waals surface area contributed by atoms with Crippen molar-refractivity contribution in [3.05, 3.63) is 0 Å². The Labute approximate surface area is 85.9 Å². The van der Waals surface area contributed by atoms with Crippen molar-refractivity contribution in [2.24, 2.45) is 0 Å². The summed E-state index contributed by atoms with van der Waals surface area (Å²) in [6.07, 6.45) is 0.705. The maximum absolute atomic E-state index is 11.5. The highest BCUT2D eigenvalue weighted by atomic mass is 16.5. The third-order valence-corrected chi connectivity index (χ3v) is 1.86. The second-order valence-corrected chi connectivity index (χ2v) is 3.41. The molecule has 0 saturated heterocycles. The molecule has 0 aromatic heterocycles. The van der Waals surface area contributed by atoms with E-state index in [1.165, 1.54) is 0 Å². The van der Waals surface area contributed by atoms with Gasteiger partial charge in [0.2, 0.25) is 5.91 Å². The summed E-state index contributed by atoms with van der Waals surface area (Å²) in [5, 5.41) is 8.64. The molecule has 0 atom stereocenters. The van der Waals surface area contributed by atoms with Crippen LogP contribution in [0.3, 0.4) is 0 Å². The first-order valence-corrected chi connectivity index (χ1v) is 5.12. The minimum absolute atomic E-state index is 0.00495. The van der Waals surface area contributed by atoms with Crippen LogP contribution in [-0.2, 0) is 9.53 Å². The standard InChI is InChI=1S/C10H21NO3/c1-4-11(6-5-7-12)10(13)8-14-9(2)3/h9,12H,4-8H2,1-3H3. The van der Waals surface area contributed by atoms with Crippen LogP contribution in [0.25, 0.3) is 0 Å². The van der Waals surface area contributed by atoms with Crippen molar-refractivity contribution in [2.45, 2.75) is 33.3 Å². The molecular formula is C10H21NO3. The van der Waals surface area contributed by atoms with E-state index in [9.17, 15) is 4.79 Å². The monoisotopic (exact) mass is 203 g/mol. The van der Waals surface area contributed by atoms with Crippen molar-refractivity contribution in [3.8, 4) is 0 Å². The van der Waals surface area contributed by atoms with Crippen molar-refractivity contribution < 1.29 is 14.6 Å². The Morgan fingerprint density at radius 3 is 2.57 bits per heavy atom. The predicted octanol–water partition coefficient (Wildman–Crippen LogP) is 0.642. The van der Waals surface area contributed by atoms with Gasteiger partial charge >= 0.3 is 0 Å². The highest BCUT2D eigenvalue weighted by molar-refractivity contribution is 5.77. The lowest BCUT2D eigenvalue weighted by atomic mass is 10.3. The average molecular weight is 203 g/mol. The van der Waals surface area contributed by atoms with E-state index in [4.69, 9.17) is 9.84 Å². The van der Waals surface area contributed by atoms with Crippen molar-refractivity contribution in [2.75, 3.05) is 26.3 Å². The van der Waals surface area contributed by atoms with Crippen LogP contribution in [-0.4, -0.2) is 48.3 Å². The number of nitrogens with zero attached hydrogens (tertiary/aromatic N) is 1. The molecule has 0 radical (unpaired) electrons. The molecule has 0 unspecified atom stereocenters. The first kappa shape index (κ1) is 13.4. The van der Waals surface area contributed by atoms with Crippen molar-refractivity contribution in [1.29, 1.82) is 0 Å². The van der Waals surface area contributed by atoms with Gasteiger partial charge in [-0.25, -0.2) is 0 Å². The van der Waals surface area contributed by atoms with Gasteiger partial charge in [0.15, 0.2) is 0 Å². The summed E-state index contributed by atoms with van der Waals surface area (Å²) in [6, 6.07) is 0. The molecule has 0 fully saturated rings. The molecule has 0 aliphatic rings. The van der Waals surface area contributed by atoms with Gasteiger partial charge in [0.25, 0.3) is 0 Å². The first-order chi connectivity index (χ1) is 6.61. The highest BCUT2D eigenvalue weighted by Crippen LogP contribution is 1.95. The molecule has 0 spiro atoms. The van der Waals surface area contributed by atoms with Crippen molar-refractivity contribution >= 4 is 5.91 Å². The lowest BCUT2D eigenvalue weighted by molar-refractivity contribution is -0.137. The zero-order valence-corrected chi connectivity index (χ0v) is 9.32. The van der Waals surface area contributed by atoms with E-state index < -0.39 is 0 Å². The summed E-state index contributed by atoms with van der Waals surface area (Å²) in [6.45, 7) is 7.25. The number of hydrogen-bond donors (Lipinski definition) is 1. The normalized spacial score (nSPS) is 10.6. The minimum Gasteiger partial charge on any atom is -0.396 e. The Balaban J connectivity index is 3.79. The SMILES string of the molecule is CCN(CCCO)C(=O)COC(C)C. The molecule has 0 aromatic carbocycles. The topological polar surface area (TPSA) is 49.8 Å². The van der Waals surface area contributed by atoms with E-state index in [2.05, 4.69) is 0 Å². The maximum atomic E-state index is 11.5. The van der Waals surface area contributed by atoms with Crippen LogP contribution in [0.4, 0.5) is 0 Å². The van der Waals surface area contributed by atoms with Crippen molar-refractivity contribution in [3.63, 3.8) is 0 Å². The number of aliphatic hydroxyl groups is 1. The molecule has 0 bridgehead atoms. The second kappa shape index (κ2) is 7.76. The van der Waals surface area contributed by atoms with Gasteiger partial charge in [-0.3, -0.25) is 4.79 Å². The fourth-order valence-electron chi connectivity index (χ4n) is 1.05. The molecule has 4 nitrogen and oxygen atoms in total. The van der Waals surface area contributed by atoms with Gasteiger partial charge in [-0.1, -0.05) is 0 Å². The summed E-state index contributed by atoms with van der Waals surface area (Å²) < 4.78 is 5.21. The molecule has 84 valence electrons. The Kier molecular flexibility index (Phi) is 7.42. The van der Waals surface area contributed by atoms with E-state index in [1.54, 1.807) is 4.90 Å². The van der Waals surface area contributed by atoms with Crippen LogP contribution in [0.15, 0.2) is 0 Å². The van der Waals surface area contributed by atoms with Gasteiger partial charge in [-0.15, -0.1) is 0 Å². The smallest absolute Gasteiger partial charge is 0.248 e. The summed E-state index contributed by atoms with van der Waals surface area (Å²) in [5.41, 5.74) is 0. The van der Waals surface area contributed by atoms with Crippen LogP contribution >= 0.6 is 0 Å². The van der Waals surface area contributed by atoms with E-state index in [-0.39, 0.29) is 25.2 Å². The number of carbonyl (C=O) groups excluding carboxylic acids is 1. The third kappa shape index (κ3) is 5.94. The molecule has 0 aliphatic carbocycles. The molecule has 1 N–H and O–H groups in total. The Hall–Kier alpha value is -0.610. The molecule has 14 heavy (non-hydrogen) atoms. The molecule has 4 heteroatoms. The van der Waals surface area contributed by atoms with E-state index in [1.807, 2.05) is 20.8 Å². The van der Waals surface area contributed by atoms with Gasteiger partial charge in [0.05, 0.1) is 6.10 Å². The number of hydrogen-bond acceptors (Lipinski definition) is 3. The number of aliphatic hydroxyl groups excluding tert-OH is 1. The summed E-state index contributed by atoms with van der Waals surface area (Å²) in [5.74, 6) is -0.00495. The van der Waals surface area contributed by atoms with Gasteiger partial charge in [-0.05, 0) is 27.2 Å². The lowest BCUT2D eigenvalue weighted by Gasteiger charge is -2.20. The molecule has 1 amide bonds. The Bertz CT molecular complexity index is 159. The number of rotatable bonds is 7. The molecule has 0 aliphatic heterocycles. The average Bonchev–Trinajstić information content (AvgIpc) is 2.16. The molecular weight excluding hydrogens is 182 g/mol. The van der Waals surface area contributed by atoms with Crippen LogP contribution in [0.5, 0.6) is 0 Å². The van der Waals surface area contributed by atoms with Crippen molar-refractivity contribution in [1.82, 2.24) is 4.90 Å². The maximum Gasteiger partial charge on any atom is 0.248 e. The number of carbonyl (C=O) groups is 1. The van der Waals surface area contributed by atoms with E-state index in [0.717, 1.165) is 0 Å². The highest BCUT2D eigenvalue weighted by Gasteiger charge is 2.11. The van der Waals surface area contributed by atoms with Gasteiger partial charge in [0, 0.05) is 19.7 Å².